The Morgan fingerprint density at radius 1 is 0.931 bits per heavy atom. The van der Waals surface area contributed by atoms with Crippen LogP contribution in [-0.4, -0.2) is 21.6 Å². The molecule has 0 amide bonds. The zero-order chi connectivity index (χ0) is 20.1. The van der Waals surface area contributed by atoms with Crippen LogP contribution >= 0.6 is 0 Å². The van der Waals surface area contributed by atoms with Crippen LogP contribution in [-0.2, 0) is 6.42 Å². The topological polar surface area (TPSA) is 56.6 Å². The monoisotopic (exact) mass is 391 g/mol. The fourth-order valence-corrected chi connectivity index (χ4v) is 4.19. The lowest BCUT2D eigenvalue weighted by molar-refractivity contribution is 0.340. The van der Waals surface area contributed by atoms with Crippen molar-refractivity contribution in [2.75, 3.05) is 6.61 Å². The standard InChI is InChI=1S/C25H33N3O/c1-3-29-25-17-23(21-14-13-18(2)26-21)28-24(25)16-22-19-11-9-7-5-4-6-8-10-12-20(15-19)27-22/h12-17,26-28H,3-11H2,1-2H3. The van der Waals surface area contributed by atoms with E-state index in [-0.39, 0.29) is 0 Å². The second kappa shape index (κ2) is 9.25. The molecule has 4 heteroatoms. The van der Waals surface area contributed by atoms with Gasteiger partial charge in [0.05, 0.1) is 23.7 Å². The molecule has 0 unspecified atom stereocenters. The van der Waals surface area contributed by atoms with Crippen LogP contribution in [0.3, 0.4) is 0 Å². The predicted molar refractivity (Wildman–Crippen MR) is 121 cm³/mol. The highest BCUT2D eigenvalue weighted by Crippen LogP contribution is 2.27. The van der Waals surface area contributed by atoms with Gasteiger partial charge in [0.25, 0.3) is 0 Å². The van der Waals surface area contributed by atoms with Gasteiger partial charge in [-0.15, -0.1) is 0 Å². The van der Waals surface area contributed by atoms with E-state index < -0.39 is 0 Å². The minimum atomic E-state index is 0.651. The van der Waals surface area contributed by atoms with Gasteiger partial charge in [-0.25, -0.2) is 0 Å². The first-order valence-electron chi connectivity index (χ1n) is 11.1. The average Bonchev–Trinajstić information content (AvgIpc) is 3.40. The van der Waals surface area contributed by atoms with E-state index in [0.29, 0.717) is 6.61 Å². The van der Waals surface area contributed by atoms with Gasteiger partial charge in [0, 0.05) is 22.5 Å². The molecule has 0 radical (unpaired) electrons. The normalized spacial score (nSPS) is 16.1. The van der Waals surface area contributed by atoms with Gasteiger partial charge in [-0.3, -0.25) is 0 Å². The third-order valence-corrected chi connectivity index (χ3v) is 5.74. The highest BCUT2D eigenvalue weighted by molar-refractivity contribution is 5.65. The molecule has 0 atom stereocenters. The number of aryl methyl sites for hydroxylation is 2. The number of rotatable bonds is 4. The van der Waals surface area contributed by atoms with Gasteiger partial charge in [0.1, 0.15) is 5.75 Å². The van der Waals surface area contributed by atoms with Gasteiger partial charge >= 0.3 is 0 Å². The van der Waals surface area contributed by atoms with Gasteiger partial charge in [0.2, 0.25) is 0 Å². The molecule has 4 nitrogen and oxygen atoms in total. The maximum absolute atomic E-state index is 5.94. The Balaban J connectivity index is 1.73. The minimum Gasteiger partial charge on any atom is -0.492 e. The number of hydrogen-bond acceptors (Lipinski definition) is 1. The van der Waals surface area contributed by atoms with Crippen molar-refractivity contribution in [3.63, 3.8) is 0 Å². The smallest absolute Gasteiger partial charge is 0.144 e. The third-order valence-electron chi connectivity index (χ3n) is 5.74. The van der Waals surface area contributed by atoms with E-state index >= 15 is 0 Å². The first kappa shape index (κ1) is 19.7. The summed E-state index contributed by atoms with van der Waals surface area (Å²) in [6.45, 7) is 4.76. The number of ether oxygens (including phenoxy) is 1. The number of hydrogen-bond donors (Lipinski definition) is 3. The Labute approximate surface area is 173 Å². The Morgan fingerprint density at radius 3 is 2.55 bits per heavy atom. The molecule has 3 aromatic rings. The molecule has 1 aliphatic carbocycles. The molecule has 0 aliphatic heterocycles. The first-order chi connectivity index (χ1) is 14.2. The first-order valence-corrected chi connectivity index (χ1v) is 11.1. The molecule has 1 aliphatic rings. The van der Waals surface area contributed by atoms with E-state index in [1.165, 1.54) is 54.8 Å². The highest BCUT2D eigenvalue weighted by Gasteiger charge is 2.11. The summed E-state index contributed by atoms with van der Waals surface area (Å²) in [4.78, 5) is 10.6. The second-order valence-corrected chi connectivity index (χ2v) is 8.12. The third kappa shape index (κ3) is 4.87. The van der Waals surface area contributed by atoms with Gasteiger partial charge < -0.3 is 19.7 Å². The van der Waals surface area contributed by atoms with Crippen LogP contribution in [0.25, 0.3) is 23.5 Å². The van der Waals surface area contributed by atoms with Crippen LogP contribution in [0.4, 0.5) is 0 Å². The number of nitrogens with one attached hydrogen (secondary N) is 3. The molecule has 0 saturated carbocycles. The van der Waals surface area contributed by atoms with Gasteiger partial charge in [0.15, 0.2) is 0 Å². The Morgan fingerprint density at radius 2 is 1.76 bits per heavy atom. The number of aromatic nitrogens is 3. The zero-order valence-electron chi connectivity index (χ0n) is 17.7. The Hall–Kier alpha value is -2.62. The van der Waals surface area contributed by atoms with Crippen molar-refractivity contribution in [1.82, 2.24) is 15.0 Å². The summed E-state index contributed by atoms with van der Waals surface area (Å²) in [5.41, 5.74) is 5.72. The molecular formula is C25H33N3O. The SMILES string of the molecule is CCOc1cc(-c2ccc(C)[nH]2)[nH]c1C=c1[nH]c2cc1CCCCCCCCC=2. The van der Waals surface area contributed by atoms with Gasteiger partial charge in [-0.05, 0) is 69.4 Å². The molecule has 3 N–H and O–H groups in total. The van der Waals surface area contributed by atoms with E-state index in [1.54, 1.807) is 0 Å². The Bertz CT molecular complexity index is 1050. The fourth-order valence-electron chi connectivity index (χ4n) is 4.19. The molecular weight excluding hydrogens is 358 g/mol. The number of aromatic amines is 3. The van der Waals surface area contributed by atoms with Gasteiger partial charge in [-0.2, -0.15) is 0 Å². The summed E-state index contributed by atoms with van der Waals surface area (Å²) in [6, 6.07) is 8.64. The van der Waals surface area contributed by atoms with Crippen LogP contribution in [0.1, 0.15) is 68.8 Å². The number of H-pyrrole nitrogens is 3. The summed E-state index contributed by atoms with van der Waals surface area (Å²) in [6.07, 6.45) is 14.8. The van der Waals surface area contributed by atoms with Crippen molar-refractivity contribution in [3.8, 4) is 17.1 Å². The van der Waals surface area contributed by atoms with Crippen molar-refractivity contribution < 1.29 is 4.74 Å². The predicted octanol–water partition coefficient (Wildman–Crippen LogP) is 4.94. The van der Waals surface area contributed by atoms with E-state index in [0.717, 1.165) is 41.4 Å². The molecule has 0 aromatic carbocycles. The molecule has 3 aromatic heterocycles. The number of fused-ring (bicyclic) bond motifs is 2. The molecule has 154 valence electrons. The minimum absolute atomic E-state index is 0.651. The van der Waals surface area contributed by atoms with Crippen molar-refractivity contribution in [2.45, 2.75) is 65.2 Å². The summed E-state index contributed by atoms with van der Waals surface area (Å²) in [5.74, 6) is 0.902. The van der Waals surface area contributed by atoms with E-state index in [4.69, 9.17) is 4.74 Å². The maximum atomic E-state index is 5.94. The summed E-state index contributed by atoms with van der Waals surface area (Å²) >= 11 is 0. The van der Waals surface area contributed by atoms with Crippen LogP contribution in [0.5, 0.6) is 5.75 Å². The molecule has 3 heterocycles. The maximum Gasteiger partial charge on any atom is 0.144 e. The molecule has 0 spiro atoms. The lowest BCUT2D eigenvalue weighted by atomic mass is 10.0. The summed E-state index contributed by atoms with van der Waals surface area (Å²) < 4.78 is 5.94. The van der Waals surface area contributed by atoms with Crippen LogP contribution in [0, 0.1) is 6.92 Å². The highest BCUT2D eigenvalue weighted by atomic mass is 16.5. The summed E-state index contributed by atoms with van der Waals surface area (Å²) in [5, 5.41) is 2.45. The molecule has 0 fully saturated rings. The Kier molecular flexibility index (Phi) is 6.28. The average molecular weight is 392 g/mol. The summed E-state index contributed by atoms with van der Waals surface area (Å²) in [7, 11) is 0. The molecule has 2 bridgehead atoms. The van der Waals surface area contributed by atoms with E-state index in [1.807, 2.05) is 6.92 Å². The quantitative estimate of drug-likeness (QED) is 0.580. The van der Waals surface area contributed by atoms with E-state index in [9.17, 15) is 0 Å². The second-order valence-electron chi connectivity index (χ2n) is 8.12. The lowest BCUT2D eigenvalue weighted by Gasteiger charge is -2.02. The van der Waals surface area contributed by atoms with Crippen molar-refractivity contribution in [1.29, 1.82) is 0 Å². The van der Waals surface area contributed by atoms with Crippen LogP contribution < -0.4 is 15.4 Å². The van der Waals surface area contributed by atoms with Crippen molar-refractivity contribution in [2.24, 2.45) is 0 Å². The van der Waals surface area contributed by atoms with Crippen molar-refractivity contribution in [3.05, 3.63) is 51.9 Å². The van der Waals surface area contributed by atoms with Crippen molar-refractivity contribution >= 4 is 12.2 Å². The molecule has 0 saturated heterocycles. The lowest BCUT2D eigenvalue weighted by Crippen LogP contribution is -2.12. The zero-order valence-corrected chi connectivity index (χ0v) is 17.7. The molecule has 29 heavy (non-hydrogen) atoms. The van der Waals surface area contributed by atoms with Gasteiger partial charge in [-0.1, -0.05) is 31.8 Å². The molecule has 4 rings (SSSR count). The fraction of sp³-hybridized carbons (Fsp3) is 0.440. The van der Waals surface area contributed by atoms with E-state index in [2.05, 4.69) is 58.3 Å². The van der Waals surface area contributed by atoms with Crippen LogP contribution in [0.2, 0.25) is 0 Å². The van der Waals surface area contributed by atoms with Crippen LogP contribution in [0.15, 0.2) is 24.3 Å². The largest absolute Gasteiger partial charge is 0.492 e.